The summed E-state index contributed by atoms with van der Waals surface area (Å²) in [5, 5.41) is 11.2. The van der Waals surface area contributed by atoms with Crippen molar-refractivity contribution in [1.82, 2.24) is 19.5 Å². The summed E-state index contributed by atoms with van der Waals surface area (Å²) in [7, 11) is 0. The zero-order chi connectivity index (χ0) is 25.1. The molecule has 0 spiro atoms. The molecule has 0 amide bonds. The third-order valence-electron chi connectivity index (χ3n) is 6.14. The lowest BCUT2D eigenvalue weighted by Gasteiger charge is -2.12. The van der Waals surface area contributed by atoms with Crippen LogP contribution < -0.4 is 11.1 Å². The fraction of sp³-hybridized carbons (Fsp3) is 0.0400. The highest BCUT2D eigenvalue weighted by Crippen LogP contribution is 2.40. The van der Waals surface area contributed by atoms with Gasteiger partial charge in [-0.15, -0.1) is 0 Å². The number of aromatic carboxylic acids is 1. The van der Waals surface area contributed by atoms with Crippen molar-refractivity contribution >= 4 is 50.3 Å². The fourth-order valence-electron chi connectivity index (χ4n) is 4.60. The third-order valence-corrected chi connectivity index (χ3v) is 6.50. The van der Waals surface area contributed by atoms with E-state index in [2.05, 4.69) is 15.0 Å². The molecule has 0 fully saturated rings. The molecule has 36 heavy (non-hydrogen) atoms. The lowest BCUT2D eigenvalue weighted by Crippen LogP contribution is -2.14. The van der Waals surface area contributed by atoms with Gasteiger partial charge in [0.05, 0.1) is 45.3 Å². The average molecular weight is 505 g/mol. The van der Waals surface area contributed by atoms with Crippen LogP contribution in [-0.4, -0.2) is 30.6 Å². The van der Waals surface area contributed by atoms with Gasteiger partial charge in [0, 0.05) is 23.3 Å². The maximum absolute atomic E-state index is 15.1. The molecule has 0 atom stereocenters. The van der Waals surface area contributed by atoms with E-state index in [-0.39, 0.29) is 55.6 Å². The Hall–Kier alpha value is -4.70. The maximum Gasteiger partial charge on any atom is 0.353 e. The first kappa shape index (κ1) is 21.8. The molecule has 4 heterocycles. The second-order valence-electron chi connectivity index (χ2n) is 8.14. The van der Waals surface area contributed by atoms with E-state index in [9.17, 15) is 19.5 Å². The molecule has 0 aliphatic rings. The average Bonchev–Trinajstić information content (AvgIpc) is 3.44. The highest BCUT2D eigenvalue weighted by molar-refractivity contribution is 6.32. The van der Waals surface area contributed by atoms with Crippen molar-refractivity contribution in [2.45, 2.75) is 6.54 Å². The zero-order valence-corrected chi connectivity index (χ0v) is 18.9. The molecule has 0 aliphatic heterocycles. The molecule has 0 saturated heterocycles. The number of benzene rings is 2. The molecule has 4 aromatic heterocycles. The van der Waals surface area contributed by atoms with Gasteiger partial charge in [0.2, 0.25) is 0 Å². The molecular formula is C25H14ClFN4O5. The van der Waals surface area contributed by atoms with Gasteiger partial charge in [-0.05, 0) is 42.0 Å². The lowest BCUT2D eigenvalue weighted by molar-refractivity contribution is 0.0687. The Kier molecular flexibility index (Phi) is 4.80. The Morgan fingerprint density at radius 3 is 2.75 bits per heavy atom. The van der Waals surface area contributed by atoms with Gasteiger partial charge in [-0.1, -0.05) is 11.6 Å². The molecule has 178 valence electrons. The minimum absolute atomic E-state index is 0.0770. The van der Waals surface area contributed by atoms with Crippen LogP contribution in [0, 0.1) is 5.82 Å². The lowest BCUT2D eigenvalue weighted by atomic mass is 10.0. The summed E-state index contributed by atoms with van der Waals surface area (Å²) in [6.07, 6.45) is 3.97. The van der Waals surface area contributed by atoms with Crippen LogP contribution in [0.3, 0.4) is 0 Å². The summed E-state index contributed by atoms with van der Waals surface area (Å²) < 4.78 is 22.0. The monoisotopic (exact) mass is 504 g/mol. The van der Waals surface area contributed by atoms with Gasteiger partial charge < -0.3 is 24.1 Å². The van der Waals surface area contributed by atoms with Crippen LogP contribution in [0.25, 0.3) is 43.9 Å². The van der Waals surface area contributed by atoms with E-state index >= 15 is 4.39 Å². The summed E-state index contributed by atoms with van der Waals surface area (Å²) in [6.45, 7) is -0.141. The number of pyridine rings is 1. The number of hydrogen-bond acceptors (Lipinski definition) is 5. The Labute approximate surface area is 204 Å². The van der Waals surface area contributed by atoms with Crippen molar-refractivity contribution in [3.63, 3.8) is 0 Å². The first-order chi connectivity index (χ1) is 17.3. The molecule has 2 aromatic carbocycles. The molecule has 0 unspecified atom stereocenters. The predicted octanol–water partition coefficient (Wildman–Crippen LogP) is 4.52. The van der Waals surface area contributed by atoms with Gasteiger partial charge in [-0.2, -0.15) is 0 Å². The second kappa shape index (κ2) is 7.92. The minimum atomic E-state index is -1.35. The van der Waals surface area contributed by atoms with Crippen molar-refractivity contribution < 1.29 is 18.7 Å². The van der Waals surface area contributed by atoms with Crippen LogP contribution in [0.1, 0.15) is 16.1 Å². The normalized spacial score (nSPS) is 11.6. The van der Waals surface area contributed by atoms with Crippen LogP contribution >= 0.6 is 11.6 Å². The van der Waals surface area contributed by atoms with Gasteiger partial charge >= 0.3 is 5.97 Å². The Morgan fingerprint density at radius 1 is 1.14 bits per heavy atom. The third kappa shape index (κ3) is 3.15. The number of furan rings is 1. The molecule has 0 aliphatic carbocycles. The van der Waals surface area contributed by atoms with E-state index in [1.807, 2.05) is 0 Å². The number of aromatic amines is 2. The van der Waals surface area contributed by atoms with E-state index < -0.39 is 22.9 Å². The maximum atomic E-state index is 15.1. The molecule has 3 N–H and O–H groups in total. The Bertz CT molecular complexity index is 1980. The largest absolute Gasteiger partial charge is 0.477 e. The zero-order valence-electron chi connectivity index (χ0n) is 18.1. The van der Waals surface area contributed by atoms with Crippen molar-refractivity contribution in [3.8, 4) is 11.1 Å². The number of halogens is 2. The topological polar surface area (TPSA) is 134 Å². The summed E-state index contributed by atoms with van der Waals surface area (Å²) in [5.74, 6) is -1.97. The minimum Gasteiger partial charge on any atom is -0.477 e. The fourth-order valence-corrected chi connectivity index (χ4v) is 4.82. The first-order valence-electron chi connectivity index (χ1n) is 10.6. The Morgan fingerprint density at radius 2 is 1.97 bits per heavy atom. The van der Waals surface area contributed by atoms with Crippen LogP contribution in [0.15, 0.2) is 69.2 Å². The van der Waals surface area contributed by atoms with Crippen LogP contribution in [0.2, 0.25) is 5.02 Å². The summed E-state index contributed by atoms with van der Waals surface area (Å²) >= 11 is 6.49. The number of nitrogens with one attached hydrogen (secondary N) is 2. The van der Waals surface area contributed by atoms with Gasteiger partial charge in [0.1, 0.15) is 17.1 Å². The summed E-state index contributed by atoms with van der Waals surface area (Å²) in [4.78, 5) is 46.9. The smallest absolute Gasteiger partial charge is 0.353 e. The molecule has 6 rings (SSSR count). The van der Waals surface area contributed by atoms with Gasteiger partial charge in [-0.3, -0.25) is 9.59 Å². The highest BCUT2D eigenvalue weighted by atomic mass is 35.5. The van der Waals surface area contributed by atoms with Crippen molar-refractivity contribution in [2.24, 2.45) is 0 Å². The van der Waals surface area contributed by atoms with Gasteiger partial charge in [0.25, 0.3) is 11.1 Å². The number of carboxylic acids is 1. The van der Waals surface area contributed by atoms with Gasteiger partial charge in [-0.25, -0.2) is 14.2 Å². The van der Waals surface area contributed by atoms with E-state index in [1.54, 1.807) is 6.07 Å². The first-order valence-corrected chi connectivity index (χ1v) is 11.0. The predicted molar refractivity (Wildman–Crippen MR) is 131 cm³/mol. The molecule has 0 bridgehead atoms. The second-order valence-corrected chi connectivity index (χ2v) is 8.54. The number of carbonyl (C=O) groups is 1. The Balaban J connectivity index is 1.74. The molecule has 9 nitrogen and oxygen atoms in total. The van der Waals surface area contributed by atoms with Crippen LogP contribution in [0.5, 0.6) is 0 Å². The summed E-state index contributed by atoms with van der Waals surface area (Å²) in [5.41, 5.74) is 0.0264. The molecule has 0 radical (unpaired) electrons. The molecule has 6 aromatic rings. The van der Waals surface area contributed by atoms with Crippen LogP contribution in [-0.2, 0) is 6.54 Å². The number of hydrogen-bond donors (Lipinski definition) is 3. The van der Waals surface area contributed by atoms with Crippen LogP contribution in [0.4, 0.5) is 4.39 Å². The molecule has 11 heteroatoms. The summed E-state index contributed by atoms with van der Waals surface area (Å²) in [6, 6.07) is 8.69. The number of nitrogens with zero attached hydrogens (tertiary/aromatic N) is 2. The molecular weight excluding hydrogens is 491 g/mol. The quantitative estimate of drug-likeness (QED) is 0.323. The van der Waals surface area contributed by atoms with E-state index in [1.165, 1.54) is 53.7 Å². The van der Waals surface area contributed by atoms with E-state index in [0.717, 1.165) is 0 Å². The van der Waals surface area contributed by atoms with Crippen molar-refractivity contribution in [3.05, 3.63) is 98.0 Å². The molecule has 0 saturated carbocycles. The standard InChI is InChI=1S/C25H14ClFN4O5/c26-15-7-17-14(24(33)30-10-29-17)6-11(15)9-31-18-8-16(27)12-3-5-36-22(12)20(18)19(21(31)25(34)35)13-2-1-4-28-23(13)32/h1-8,10H,9H2,(H,28,32)(H,34,35)(H,29,30,33). The number of H-pyrrole nitrogens is 2. The van der Waals surface area contributed by atoms with Gasteiger partial charge in [0.15, 0.2) is 0 Å². The highest BCUT2D eigenvalue weighted by Gasteiger charge is 2.29. The number of fused-ring (bicyclic) bond motifs is 4. The van der Waals surface area contributed by atoms with E-state index in [4.69, 9.17) is 16.0 Å². The van der Waals surface area contributed by atoms with E-state index in [0.29, 0.717) is 11.1 Å². The number of carboxylic acid groups (broad SMARTS) is 1. The number of aromatic nitrogens is 4. The SMILES string of the molecule is O=C(O)c1c(-c2ccc[nH]c2=O)c2c3occc3c(F)cc2n1Cc1cc2c(=O)[nH]cnc2cc1Cl. The van der Waals surface area contributed by atoms with Crippen molar-refractivity contribution in [2.75, 3.05) is 0 Å². The number of rotatable bonds is 4. The van der Waals surface area contributed by atoms with Crippen molar-refractivity contribution in [1.29, 1.82) is 0 Å².